The second-order valence-corrected chi connectivity index (χ2v) is 6.79. The molecule has 0 saturated heterocycles. The lowest BCUT2D eigenvalue weighted by molar-refractivity contribution is 0.0697. The van der Waals surface area contributed by atoms with Gasteiger partial charge in [0.2, 0.25) is 0 Å². The minimum Gasteiger partial charge on any atom is -0.495 e. The highest BCUT2D eigenvalue weighted by Gasteiger charge is 2.12. The molecule has 0 amide bonds. The fourth-order valence-electron chi connectivity index (χ4n) is 2.47. The van der Waals surface area contributed by atoms with Gasteiger partial charge < -0.3 is 19.6 Å². The Kier molecular flexibility index (Phi) is 5.54. The van der Waals surface area contributed by atoms with Crippen molar-refractivity contribution >= 4 is 39.2 Å². The summed E-state index contributed by atoms with van der Waals surface area (Å²) in [6.45, 7) is 0.369. The zero-order valence-corrected chi connectivity index (χ0v) is 16.1. The van der Waals surface area contributed by atoms with Crippen LogP contribution < -0.4 is 10.1 Å². The summed E-state index contributed by atoms with van der Waals surface area (Å²) in [4.78, 5) is 11.1. The third-order valence-corrected chi connectivity index (χ3v) is 4.56. The van der Waals surface area contributed by atoms with E-state index in [2.05, 4.69) is 21.2 Å². The van der Waals surface area contributed by atoms with Crippen LogP contribution in [0, 0.1) is 0 Å². The molecule has 0 atom stereocenters. The van der Waals surface area contributed by atoms with Crippen LogP contribution in [-0.4, -0.2) is 18.2 Å². The Morgan fingerprint density at radius 1 is 1.23 bits per heavy atom. The van der Waals surface area contributed by atoms with Crippen LogP contribution in [-0.2, 0) is 6.54 Å². The van der Waals surface area contributed by atoms with Crippen molar-refractivity contribution in [2.45, 2.75) is 6.54 Å². The van der Waals surface area contributed by atoms with Crippen molar-refractivity contribution in [1.29, 1.82) is 0 Å². The van der Waals surface area contributed by atoms with Crippen LogP contribution in [0.4, 0.5) is 5.69 Å². The first-order chi connectivity index (χ1) is 12.5. The molecular formula is C19H15BrClNO4. The van der Waals surface area contributed by atoms with E-state index in [9.17, 15) is 4.79 Å². The maximum atomic E-state index is 11.1. The molecule has 1 heterocycles. The van der Waals surface area contributed by atoms with Gasteiger partial charge >= 0.3 is 5.97 Å². The van der Waals surface area contributed by atoms with E-state index in [1.54, 1.807) is 12.1 Å². The molecule has 26 heavy (non-hydrogen) atoms. The van der Waals surface area contributed by atoms with Crippen LogP contribution in [0.15, 0.2) is 57.4 Å². The molecule has 3 rings (SSSR count). The number of methoxy groups -OCH3 is 1. The van der Waals surface area contributed by atoms with Gasteiger partial charge in [-0.1, -0.05) is 27.5 Å². The number of carboxylic acids is 1. The number of nitrogens with one attached hydrogen (secondary N) is 1. The number of carboxylic acid groups (broad SMARTS) is 1. The molecule has 0 unspecified atom stereocenters. The van der Waals surface area contributed by atoms with Gasteiger partial charge in [-0.2, -0.15) is 0 Å². The largest absolute Gasteiger partial charge is 0.495 e. The predicted molar refractivity (Wildman–Crippen MR) is 104 cm³/mol. The van der Waals surface area contributed by atoms with Gasteiger partial charge in [0.15, 0.2) is 0 Å². The molecule has 5 nitrogen and oxygen atoms in total. The van der Waals surface area contributed by atoms with Crippen molar-refractivity contribution in [3.63, 3.8) is 0 Å². The summed E-state index contributed by atoms with van der Waals surface area (Å²) in [5, 5.41) is 12.9. The van der Waals surface area contributed by atoms with Crippen LogP contribution in [0.1, 0.15) is 16.1 Å². The van der Waals surface area contributed by atoms with Crippen LogP contribution in [0.5, 0.6) is 5.75 Å². The van der Waals surface area contributed by atoms with E-state index in [0.717, 1.165) is 10.0 Å². The molecule has 0 aliphatic rings. The van der Waals surface area contributed by atoms with E-state index in [1.165, 1.54) is 19.2 Å². The molecular weight excluding hydrogens is 422 g/mol. The van der Waals surface area contributed by atoms with Crippen molar-refractivity contribution in [2.24, 2.45) is 0 Å². The molecule has 0 aliphatic carbocycles. The summed E-state index contributed by atoms with van der Waals surface area (Å²) in [7, 11) is 1.53. The summed E-state index contributed by atoms with van der Waals surface area (Å²) in [5.74, 6) is 0.894. The average Bonchev–Trinajstić information content (AvgIpc) is 3.08. The Bertz CT molecular complexity index is 954. The van der Waals surface area contributed by atoms with Gasteiger partial charge in [-0.25, -0.2) is 4.79 Å². The topological polar surface area (TPSA) is 71.7 Å². The molecule has 0 radical (unpaired) electrons. The van der Waals surface area contributed by atoms with Crippen molar-refractivity contribution in [1.82, 2.24) is 0 Å². The Morgan fingerprint density at radius 3 is 2.73 bits per heavy atom. The fraction of sp³-hybridized carbons (Fsp3) is 0.105. The monoisotopic (exact) mass is 435 g/mol. The zero-order chi connectivity index (χ0) is 18.7. The van der Waals surface area contributed by atoms with Gasteiger partial charge in [-0.3, -0.25) is 0 Å². The van der Waals surface area contributed by atoms with Gasteiger partial charge in [0.05, 0.1) is 29.9 Å². The number of carbonyl (C=O) groups is 1. The molecule has 0 fully saturated rings. The Balaban J connectivity index is 1.78. The number of halogens is 2. The summed E-state index contributed by atoms with van der Waals surface area (Å²) in [6.07, 6.45) is 0. The molecule has 2 N–H and O–H groups in total. The van der Waals surface area contributed by atoms with Gasteiger partial charge in [0.1, 0.15) is 17.3 Å². The van der Waals surface area contributed by atoms with Gasteiger partial charge in [0, 0.05) is 10.0 Å². The Hall–Kier alpha value is -2.44. The van der Waals surface area contributed by atoms with Gasteiger partial charge in [-0.15, -0.1) is 0 Å². The summed E-state index contributed by atoms with van der Waals surface area (Å²) < 4.78 is 12.0. The maximum absolute atomic E-state index is 11.1. The highest BCUT2D eigenvalue weighted by molar-refractivity contribution is 9.10. The SMILES string of the molecule is COc1ccc(C(=O)O)cc1NCc1ccc(-c2ccc(Br)cc2Cl)o1. The van der Waals surface area contributed by atoms with Crippen LogP contribution in [0.2, 0.25) is 5.02 Å². The number of rotatable bonds is 6. The van der Waals surface area contributed by atoms with Gasteiger partial charge in [-0.05, 0) is 48.5 Å². The Labute approximate surface area is 163 Å². The lowest BCUT2D eigenvalue weighted by Crippen LogP contribution is -2.03. The minimum absolute atomic E-state index is 0.176. The van der Waals surface area contributed by atoms with E-state index in [1.807, 2.05) is 24.3 Å². The third kappa shape index (κ3) is 4.03. The summed E-state index contributed by atoms with van der Waals surface area (Å²) in [6, 6.07) is 13.9. The lowest BCUT2D eigenvalue weighted by atomic mass is 10.2. The first kappa shape index (κ1) is 18.4. The second-order valence-electron chi connectivity index (χ2n) is 5.46. The van der Waals surface area contributed by atoms with Crippen molar-refractivity contribution < 1.29 is 19.1 Å². The minimum atomic E-state index is -0.999. The number of furan rings is 1. The number of ether oxygens (including phenoxy) is 1. The first-order valence-electron chi connectivity index (χ1n) is 7.67. The predicted octanol–water partition coefficient (Wildman–Crippen LogP) is 5.68. The van der Waals surface area contributed by atoms with Gasteiger partial charge in [0.25, 0.3) is 0 Å². The lowest BCUT2D eigenvalue weighted by Gasteiger charge is -2.11. The molecule has 3 aromatic rings. The Morgan fingerprint density at radius 2 is 2.04 bits per heavy atom. The zero-order valence-electron chi connectivity index (χ0n) is 13.8. The molecule has 0 spiro atoms. The molecule has 0 saturated carbocycles. The molecule has 1 aromatic heterocycles. The van der Waals surface area contributed by atoms with Crippen LogP contribution in [0.3, 0.4) is 0 Å². The maximum Gasteiger partial charge on any atom is 0.335 e. The first-order valence-corrected chi connectivity index (χ1v) is 8.84. The smallest absolute Gasteiger partial charge is 0.335 e. The van der Waals surface area contributed by atoms with Crippen LogP contribution in [0.25, 0.3) is 11.3 Å². The summed E-state index contributed by atoms with van der Waals surface area (Å²) in [5.41, 5.74) is 1.55. The average molecular weight is 437 g/mol. The standard InChI is InChI=1S/C19H15BrClNO4/c1-25-18-6-2-11(19(23)24)8-16(18)22-10-13-4-7-17(26-13)14-5-3-12(20)9-15(14)21/h2-9,22H,10H2,1H3,(H,23,24). The molecule has 0 bridgehead atoms. The van der Waals surface area contributed by atoms with Crippen molar-refractivity contribution in [3.8, 4) is 17.1 Å². The van der Waals surface area contributed by atoms with E-state index in [-0.39, 0.29) is 5.56 Å². The molecule has 7 heteroatoms. The molecule has 134 valence electrons. The number of hydrogen-bond donors (Lipinski definition) is 2. The summed E-state index contributed by atoms with van der Waals surface area (Å²) >= 11 is 9.63. The third-order valence-electron chi connectivity index (χ3n) is 3.76. The normalized spacial score (nSPS) is 10.6. The van der Waals surface area contributed by atoms with E-state index in [4.69, 9.17) is 25.9 Å². The molecule has 0 aliphatic heterocycles. The number of benzene rings is 2. The number of hydrogen-bond acceptors (Lipinski definition) is 4. The quantitative estimate of drug-likeness (QED) is 0.520. The number of aromatic carboxylic acids is 1. The molecule has 2 aromatic carbocycles. The highest BCUT2D eigenvalue weighted by atomic mass is 79.9. The highest BCUT2D eigenvalue weighted by Crippen LogP contribution is 2.32. The van der Waals surface area contributed by atoms with E-state index >= 15 is 0 Å². The number of anilines is 1. The van der Waals surface area contributed by atoms with Crippen molar-refractivity contribution in [3.05, 3.63) is 69.3 Å². The van der Waals surface area contributed by atoms with Crippen LogP contribution >= 0.6 is 27.5 Å². The second kappa shape index (κ2) is 7.85. The van der Waals surface area contributed by atoms with Crippen molar-refractivity contribution in [2.75, 3.05) is 12.4 Å². The fourth-order valence-corrected chi connectivity index (χ4v) is 3.24. The van der Waals surface area contributed by atoms with E-state index in [0.29, 0.717) is 34.5 Å². The van der Waals surface area contributed by atoms with E-state index < -0.39 is 5.97 Å².